The highest BCUT2D eigenvalue weighted by molar-refractivity contribution is 7.15. The van der Waals surface area contributed by atoms with Crippen molar-refractivity contribution in [2.75, 3.05) is 14.2 Å². The Hall–Kier alpha value is -2.73. The molecular formula is C20H20N2O3S. The van der Waals surface area contributed by atoms with Gasteiger partial charge in [0, 0.05) is 29.9 Å². The molecule has 0 saturated heterocycles. The van der Waals surface area contributed by atoms with E-state index in [0.717, 1.165) is 38.9 Å². The first-order valence-electron chi connectivity index (χ1n) is 8.32. The quantitative estimate of drug-likeness (QED) is 0.579. The van der Waals surface area contributed by atoms with Crippen LogP contribution in [-0.2, 0) is 16.0 Å². The van der Waals surface area contributed by atoms with Crippen LogP contribution in [0.15, 0.2) is 48.8 Å². The van der Waals surface area contributed by atoms with Crippen LogP contribution in [0, 0.1) is 0 Å². The number of methoxy groups -OCH3 is 2. The average Bonchev–Trinajstić information content (AvgIpc) is 3.12. The number of benzene rings is 1. The molecule has 0 fully saturated rings. The van der Waals surface area contributed by atoms with E-state index in [1.165, 1.54) is 7.11 Å². The molecule has 6 heteroatoms. The lowest BCUT2D eigenvalue weighted by molar-refractivity contribution is -0.140. The van der Waals surface area contributed by atoms with Gasteiger partial charge in [0.15, 0.2) is 0 Å². The second-order valence-electron chi connectivity index (χ2n) is 5.69. The minimum atomic E-state index is -0.190. The van der Waals surface area contributed by atoms with Gasteiger partial charge in [0.25, 0.3) is 0 Å². The third-order valence-corrected chi connectivity index (χ3v) is 5.12. The van der Waals surface area contributed by atoms with Crippen LogP contribution in [0.5, 0.6) is 5.75 Å². The van der Waals surface area contributed by atoms with Gasteiger partial charge in [-0.05, 0) is 43.2 Å². The summed E-state index contributed by atoms with van der Waals surface area (Å²) < 4.78 is 9.94. The predicted octanol–water partition coefficient (Wildman–Crippen LogP) is 4.38. The number of aryl methyl sites for hydroxylation is 1. The topological polar surface area (TPSA) is 61.3 Å². The van der Waals surface area contributed by atoms with Crippen LogP contribution < -0.4 is 4.74 Å². The molecule has 0 spiro atoms. The highest BCUT2D eigenvalue weighted by Crippen LogP contribution is 2.37. The molecule has 0 aliphatic rings. The Kier molecular flexibility index (Phi) is 5.96. The summed E-state index contributed by atoms with van der Waals surface area (Å²) >= 11 is 1.64. The summed E-state index contributed by atoms with van der Waals surface area (Å²) in [6.07, 6.45) is 5.46. The van der Waals surface area contributed by atoms with Gasteiger partial charge >= 0.3 is 5.97 Å². The first-order valence-corrected chi connectivity index (χ1v) is 9.14. The highest BCUT2D eigenvalue weighted by Gasteiger charge is 2.15. The molecule has 0 radical (unpaired) electrons. The van der Waals surface area contributed by atoms with Crippen LogP contribution in [0.2, 0.25) is 0 Å². The van der Waals surface area contributed by atoms with Crippen molar-refractivity contribution in [1.82, 2.24) is 9.97 Å². The molecule has 0 N–H and O–H groups in total. The molecule has 0 bridgehead atoms. The number of carbonyl (C=O) groups excluding carboxylic acids is 1. The number of esters is 1. The molecule has 0 amide bonds. The minimum absolute atomic E-state index is 0.190. The Bertz CT molecular complexity index is 861. The number of carbonyl (C=O) groups is 1. The molecule has 2 aromatic heterocycles. The average molecular weight is 368 g/mol. The van der Waals surface area contributed by atoms with Gasteiger partial charge in [-0.3, -0.25) is 9.78 Å². The van der Waals surface area contributed by atoms with Gasteiger partial charge in [-0.15, -0.1) is 11.3 Å². The molecule has 3 rings (SSSR count). The molecule has 2 heterocycles. The Balaban J connectivity index is 1.91. The maximum absolute atomic E-state index is 11.3. The lowest BCUT2D eigenvalue weighted by atomic mass is 10.1. The van der Waals surface area contributed by atoms with E-state index in [4.69, 9.17) is 14.5 Å². The van der Waals surface area contributed by atoms with Crippen molar-refractivity contribution in [3.05, 3.63) is 53.8 Å². The van der Waals surface area contributed by atoms with Crippen molar-refractivity contribution in [3.63, 3.8) is 0 Å². The molecule has 0 saturated carbocycles. The van der Waals surface area contributed by atoms with E-state index in [9.17, 15) is 4.79 Å². The highest BCUT2D eigenvalue weighted by atomic mass is 32.1. The number of nitrogens with zero attached hydrogens (tertiary/aromatic N) is 2. The fourth-order valence-corrected chi connectivity index (χ4v) is 3.71. The van der Waals surface area contributed by atoms with E-state index in [0.29, 0.717) is 12.8 Å². The van der Waals surface area contributed by atoms with Gasteiger partial charge in [-0.25, -0.2) is 4.98 Å². The summed E-state index contributed by atoms with van der Waals surface area (Å²) in [4.78, 5) is 21.5. The smallest absolute Gasteiger partial charge is 0.305 e. The van der Waals surface area contributed by atoms with Gasteiger partial charge < -0.3 is 9.47 Å². The Morgan fingerprint density at radius 1 is 1.12 bits per heavy atom. The van der Waals surface area contributed by atoms with Crippen molar-refractivity contribution in [2.45, 2.75) is 19.3 Å². The van der Waals surface area contributed by atoms with Crippen LogP contribution in [-0.4, -0.2) is 30.2 Å². The summed E-state index contributed by atoms with van der Waals surface area (Å²) in [6, 6.07) is 11.8. The van der Waals surface area contributed by atoms with Crippen LogP contribution in [0.1, 0.15) is 17.8 Å². The van der Waals surface area contributed by atoms with Crippen molar-refractivity contribution in [1.29, 1.82) is 0 Å². The molecule has 134 valence electrons. The zero-order valence-corrected chi connectivity index (χ0v) is 15.6. The zero-order chi connectivity index (χ0) is 18.4. The summed E-state index contributed by atoms with van der Waals surface area (Å²) in [6.45, 7) is 0. The number of rotatable bonds is 7. The van der Waals surface area contributed by atoms with Crippen molar-refractivity contribution in [2.24, 2.45) is 0 Å². The summed E-state index contributed by atoms with van der Waals surface area (Å²) in [5, 5.41) is 0.999. The van der Waals surface area contributed by atoms with Crippen LogP contribution in [0.4, 0.5) is 0 Å². The third-order valence-electron chi connectivity index (χ3n) is 3.96. The van der Waals surface area contributed by atoms with Gasteiger partial charge in [0.05, 0.1) is 29.8 Å². The van der Waals surface area contributed by atoms with Crippen LogP contribution in [0.25, 0.3) is 21.7 Å². The number of hydrogen-bond acceptors (Lipinski definition) is 6. The Morgan fingerprint density at radius 2 is 1.92 bits per heavy atom. The molecule has 0 aliphatic carbocycles. The normalized spacial score (nSPS) is 10.5. The lowest BCUT2D eigenvalue weighted by Gasteiger charge is -2.04. The minimum Gasteiger partial charge on any atom is -0.497 e. The van der Waals surface area contributed by atoms with E-state index in [2.05, 4.69) is 4.98 Å². The standard InChI is InChI=1S/C20H20N2O3S/c1-24-16-10-8-14(9-11-16)19-20(15-5-4-12-21-13-15)26-17(22-19)6-3-7-18(23)25-2/h4-5,8-13H,3,6-7H2,1-2H3. The van der Waals surface area contributed by atoms with Crippen molar-refractivity contribution >= 4 is 17.3 Å². The van der Waals surface area contributed by atoms with Crippen molar-refractivity contribution < 1.29 is 14.3 Å². The SMILES string of the molecule is COC(=O)CCCc1nc(-c2ccc(OC)cc2)c(-c2cccnc2)s1. The second kappa shape index (κ2) is 8.58. The molecular weight excluding hydrogens is 348 g/mol. The zero-order valence-electron chi connectivity index (χ0n) is 14.8. The molecule has 0 aliphatic heterocycles. The molecule has 0 unspecified atom stereocenters. The van der Waals surface area contributed by atoms with Gasteiger partial charge in [0.2, 0.25) is 0 Å². The first kappa shape index (κ1) is 18.1. The van der Waals surface area contributed by atoms with Crippen molar-refractivity contribution in [3.8, 4) is 27.4 Å². The lowest BCUT2D eigenvalue weighted by Crippen LogP contribution is -2.00. The van der Waals surface area contributed by atoms with E-state index >= 15 is 0 Å². The fourth-order valence-electron chi connectivity index (χ4n) is 2.59. The van der Waals surface area contributed by atoms with Gasteiger partial charge in [-0.1, -0.05) is 6.07 Å². The van der Waals surface area contributed by atoms with Gasteiger partial charge in [0.1, 0.15) is 5.75 Å². The number of aromatic nitrogens is 2. The van der Waals surface area contributed by atoms with E-state index in [1.54, 1.807) is 24.6 Å². The maximum Gasteiger partial charge on any atom is 0.305 e. The molecule has 1 aromatic carbocycles. The van der Waals surface area contributed by atoms with E-state index < -0.39 is 0 Å². The van der Waals surface area contributed by atoms with Crippen LogP contribution in [0.3, 0.4) is 0 Å². The fraction of sp³-hybridized carbons (Fsp3) is 0.250. The van der Waals surface area contributed by atoms with E-state index in [-0.39, 0.29) is 5.97 Å². The van der Waals surface area contributed by atoms with Gasteiger partial charge in [-0.2, -0.15) is 0 Å². The number of hydrogen-bond donors (Lipinski definition) is 0. The van der Waals surface area contributed by atoms with Crippen LogP contribution >= 0.6 is 11.3 Å². The largest absolute Gasteiger partial charge is 0.497 e. The Labute approximate surface area is 156 Å². The number of pyridine rings is 1. The molecule has 3 aromatic rings. The predicted molar refractivity (Wildman–Crippen MR) is 102 cm³/mol. The number of ether oxygens (including phenoxy) is 2. The van der Waals surface area contributed by atoms with E-state index in [1.807, 2.05) is 42.6 Å². The summed E-state index contributed by atoms with van der Waals surface area (Å²) in [7, 11) is 3.06. The third kappa shape index (κ3) is 4.26. The summed E-state index contributed by atoms with van der Waals surface area (Å²) in [5.41, 5.74) is 2.99. The monoisotopic (exact) mass is 368 g/mol. The summed E-state index contributed by atoms with van der Waals surface area (Å²) in [5.74, 6) is 0.620. The molecule has 5 nitrogen and oxygen atoms in total. The molecule has 26 heavy (non-hydrogen) atoms. The molecule has 0 atom stereocenters. The second-order valence-corrected chi connectivity index (χ2v) is 6.77. The first-order chi connectivity index (χ1) is 12.7. The Morgan fingerprint density at radius 3 is 2.58 bits per heavy atom. The maximum atomic E-state index is 11.3. The number of thiazole rings is 1.